The van der Waals surface area contributed by atoms with E-state index in [1.807, 2.05) is 0 Å². The summed E-state index contributed by atoms with van der Waals surface area (Å²) in [6.07, 6.45) is 1.55. The molecule has 1 aliphatic rings. The lowest BCUT2D eigenvalue weighted by Crippen LogP contribution is -2.42. The van der Waals surface area contributed by atoms with Gasteiger partial charge in [0.25, 0.3) is 0 Å². The average Bonchev–Trinajstić information content (AvgIpc) is 2.51. The van der Waals surface area contributed by atoms with Crippen molar-refractivity contribution in [3.05, 3.63) is 29.0 Å². The van der Waals surface area contributed by atoms with Gasteiger partial charge in [-0.2, -0.15) is 0 Å². The first kappa shape index (κ1) is 16.7. The summed E-state index contributed by atoms with van der Waals surface area (Å²) < 4.78 is 13.1. The van der Waals surface area contributed by atoms with Gasteiger partial charge in [0.2, 0.25) is 11.8 Å². The van der Waals surface area contributed by atoms with Gasteiger partial charge in [-0.25, -0.2) is 4.39 Å². The maximum Gasteiger partial charge on any atom is 0.227 e. The molecule has 0 saturated carbocycles. The number of nitrogens with two attached hydrogens (primary N) is 1. The second-order valence-electron chi connectivity index (χ2n) is 5.31. The fraction of sp³-hybridized carbons (Fsp3) is 0.467. The molecule has 0 unspecified atom stereocenters. The van der Waals surface area contributed by atoms with Crippen LogP contribution in [0.25, 0.3) is 0 Å². The number of anilines is 1. The second kappa shape index (κ2) is 7.56. The van der Waals surface area contributed by atoms with Crippen LogP contribution in [0.1, 0.15) is 19.3 Å². The second-order valence-corrected chi connectivity index (χ2v) is 5.72. The van der Waals surface area contributed by atoms with E-state index in [2.05, 4.69) is 5.32 Å². The summed E-state index contributed by atoms with van der Waals surface area (Å²) in [6.45, 7) is 1.45. The maximum absolute atomic E-state index is 13.1. The fourth-order valence-electron chi connectivity index (χ4n) is 2.49. The number of halogens is 2. The van der Waals surface area contributed by atoms with Crippen molar-refractivity contribution >= 4 is 29.1 Å². The molecule has 120 valence electrons. The van der Waals surface area contributed by atoms with Gasteiger partial charge in [0.1, 0.15) is 5.82 Å². The Labute approximate surface area is 133 Å². The average molecular weight is 328 g/mol. The molecule has 1 aliphatic heterocycles. The minimum atomic E-state index is -0.522. The van der Waals surface area contributed by atoms with Crippen molar-refractivity contribution in [2.75, 3.05) is 25.0 Å². The first-order valence-electron chi connectivity index (χ1n) is 7.25. The van der Waals surface area contributed by atoms with Gasteiger partial charge in [0.05, 0.1) is 5.02 Å². The number of carbonyl (C=O) groups is 2. The van der Waals surface area contributed by atoms with Crippen molar-refractivity contribution in [2.24, 2.45) is 11.7 Å². The molecule has 1 aromatic carbocycles. The molecule has 3 N–H and O–H groups in total. The topological polar surface area (TPSA) is 75.4 Å². The molecular weight excluding hydrogens is 309 g/mol. The predicted octanol–water partition coefficient (Wildman–Crippen LogP) is 2.00. The van der Waals surface area contributed by atoms with Crippen molar-refractivity contribution < 1.29 is 14.0 Å². The normalized spacial score (nSPS) is 15.7. The summed E-state index contributed by atoms with van der Waals surface area (Å²) in [5.41, 5.74) is 5.84. The molecule has 0 aromatic heterocycles. The molecule has 1 saturated heterocycles. The van der Waals surface area contributed by atoms with Crippen molar-refractivity contribution in [1.82, 2.24) is 4.90 Å². The molecular formula is C15H19ClFN3O2. The fourth-order valence-corrected chi connectivity index (χ4v) is 2.67. The van der Waals surface area contributed by atoms with Gasteiger partial charge in [0, 0.05) is 37.7 Å². The minimum Gasteiger partial charge on any atom is -0.343 e. The highest BCUT2D eigenvalue weighted by atomic mass is 35.5. The zero-order valence-electron chi connectivity index (χ0n) is 12.1. The molecule has 2 amide bonds. The van der Waals surface area contributed by atoms with Gasteiger partial charge >= 0.3 is 0 Å². The number of hydrogen-bond donors (Lipinski definition) is 2. The van der Waals surface area contributed by atoms with Crippen molar-refractivity contribution in [3.63, 3.8) is 0 Å². The lowest BCUT2D eigenvalue weighted by atomic mass is 9.95. The van der Waals surface area contributed by atoms with E-state index < -0.39 is 5.82 Å². The summed E-state index contributed by atoms with van der Waals surface area (Å²) >= 11 is 5.69. The summed E-state index contributed by atoms with van der Waals surface area (Å²) in [5, 5.41) is 2.71. The maximum atomic E-state index is 13.1. The zero-order chi connectivity index (χ0) is 16.1. The van der Waals surface area contributed by atoms with E-state index >= 15 is 0 Å². The summed E-state index contributed by atoms with van der Waals surface area (Å²) in [4.78, 5) is 25.7. The van der Waals surface area contributed by atoms with Crippen LogP contribution < -0.4 is 11.1 Å². The smallest absolute Gasteiger partial charge is 0.227 e. The largest absolute Gasteiger partial charge is 0.343 e. The van der Waals surface area contributed by atoms with Crippen molar-refractivity contribution in [1.29, 1.82) is 0 Å². The number of rotatable bonds is 4. The van der Waals surface area contributed by atoms with Gasteiger partial charge in [-0.15, -0.1) is 0 Å². The number of benzene rings is 1. The Balaban J connectivity index is 1.87. The number of nitrogens with one attached hydrogen (secondary N) is 1. The van der Waals surface area contributed by atoms with Crippen LogP contribution in [0.2, 0.25) is 5.02 Å². The monoisotopic (exact) mass is 327 g/mol. The quantitative estimate of drug-likeness (QED) is 0.888. The highest BCUT2D eigenvalue weighted by Crippen LogP contribution is 2.22. The molecule has 1 heterocycles. The van der Waals surface area contributed by atoms with Gasteiger partial charge in [0.15, 0.2) is 0 Å². The van der Waals surface area contributed by atoms with Crippen molar-refractivity contribution in [2.45, 2.75) is 19.3 Å². The Kier molecular flexibility index (Phi) is 5.74. The van der Waals surface area contributed by atoms with Gasteiger partial charge in [-0.3, -0.25) is 9.59 Å². The Morgan fingerprint density at radius 1 is 1.36 bits per heavy atom. The molecule has 0 aliphatic carbocycles. The van der Waals surface area contributed by atoms with Crippen LogP contribution in [0.5, 0.6) is 0 Å². The van der Waals surface area contributed by atoms with Crippen LogP contribution >= 0.6 is 11.6 Å². The summed E-state index contributed by atoms with van der Waals surface area (Å²) in [6, 6.07) is 4.07. The summed E-state index contributed by atoms with van der Waals surface area (Å²) in [5.74, 6) is -0.780. The highest BCUT2D eigenvalue weighted by Gasteiger charge is 2.27. The molecule has 5 nitrogen and oxygen atoms in total. The van der Waals surface area contributed by atoms with E-state index in [0.29, 0.717) is 44.6 Å². The van der Waals surface area contributed by atoms with Gasteiger partial charge < -0.3 is 16.0 Å². The van der Waals surface area contributed by atoms with E-state index in [0.717, 1.165) is 0 Å². The lowest BCUT2D eigenvalue weighted by molar-refractivity contribution is -0.134. The number of piperidine rings is 1. The van der Waals surface area contributed by atoms with Crippen LogP contribution in [0, 0.1) is 11.7 Å². The third kappa shape index (κ3) is 4.18. The van der Waals surface area contributed by atoms with Gasteiger partial charge in [-0.05, 0) is 31.0 Å². The molecule has 0 bridgehead atoms. The van der Waals surface area contributed by atoms with E-state index in [9.17, 15) is 14.0 Å². The summed E-state index contributed by atoms with van der Waals surface area (Å²) in [7, 11) is 0. The molecule has 0 radical (unpaired) electrons. The van der Waals surface area contributed by atoms with Crippen LogP contribution in [-0.4, -0.2) is 36.3 Å². The Bertz CT molecular complexity index is 560. The van der Waals surface area contributed by atoms with Gasteiger partial charge in [-0.1, -0.05) is 11.6 Å². The van der Waals surface area contributed by atoms with E-state index in [1.165, 1.54) is 18.2 Å². The lowest BCUT2D eigenvalue weighted by Gasteiger charge is -2.31. The molecule has 7 heteroatoms. The Hall–Kier alpha value is -1.66. The molecule has 2 rings (SSSR count). The zero-order valence-corrected chi connectivity index (χ0v) is 12.9. The molecule has 1 fully saturated rings. The van der Waals surface area contributed by atoms with E-state index in [-0.39, 0.29) is 22.8 Å². The number of likely N-dealkylation sites (tertiary alicyclic amines) is 1. The third-order valence-electron chi connectivity index (χ3n) is 3.76. The Morgan fingerprint density at radius 3 is 2.64 bits per heavy atom. The SMILES string of the molecule is NCCC(=O)N1CCC(C(=O)Nc2ccc(F)c(Cl)c2)CC1. The molecule has 0 spiro atoms. The van der Waals surface area contributed by atoms with Crippen LogP contribution in [-0.2, 0) is 9.59 Å². The number of carbonyl (C=O) groups excluding carboxylic acids is 2. The van der Waals surface area contributed by atoms with Crippen LogP contribution in [0.15, 0.2) is 18.2 Å². The van der Waals surface area contributed by atoms with E-state index in [4.69, 9.17) is 17.3 Å². The first-order valence-corrected chi connectivity index (χ1v) is 7.63. The number of hydrogen-bond acceptors (Lipinski definition) is 3. The van der Waals surface area contributed by atoms with E-state index in [1.54, 1.807) is 4.90 Å². The molecule has 22 heavy (non-hydrogen) atoms. The van der Waals surface area contributed by atoms with Crippen LogP contribution in [0.3, 0.4) is 0 Å². The predicted molar refractivity (Wildman–Crippen MR) is 83.0 cm³/mol. The Morgan fingerprint density at radius 2 is 2.05 bits per heavy atom. The first-order chi connectivity index (χ1) is 10.5. The van der Waals surface area contributed by atoms with Crippen molar-refractivity contribution in [3.8, 4) is 0 Å². The number of nitrogens with zero attached hydrogens (tertiary/aromatic N) is 1. The van der Waals surface area contributed by atoms with Crippen LogP contribution in [0.4, 0.5) is 10.1 Å². The standard InChI is InChI=1S/C15H19ClFN3O2/c16-12-9-11(1-2-13(12)17)19-15(22)10-4-7-20(8-5-10)14(21)3-6-18/h1-2,9-10H,3-8,18H2,(H,19,22). The number of amides is 2. The molecule has 0 atom stereocenters. The highest BCUT2D eigenvalue weighted by molar-refractivity contribution is 6.31. The third-order valence-corrected chi connectivity index (χ3v) is 4.05. The molecule has 1 aromatic rings. The minimum absolute atomic E-state index is 0.0278.